The molecule has 2 aliphatic rings. The van der Waals surface area contributed by atoms with E-state index in [9.17, 15) is 45.3 Å². The first kappa shape index (κ1) is 58.3. The van der Waals surface area contributed by atoms with Gasteiger partial charge in [-0.1, -0.05) is 120 Å². The van der Waals surface area contributed by atoms with Crippen molar-refractivity contribution in [1.82, 2.24) is 0 Å². The number of esters is 2. The van der Waals surface area contributed by atoms with Gasteiger partial charge in [0.25, 0.3) is 0 Å². The fraction of sp³-hybridized carbons (Fsp3) is 0.760. The fourth-order valence-corrected chi connectivity index (χ4v) is 7.20. The highest BCUT2D eigenvalue weighted by atomic mass is 16.7. The van der Waals surface area contributed by atoms with Crippen LogP contribution in [-0.4, -0.2) is 142 Å². The van der Waals surface area contributed by atoms with E-state index >= 15 is 0 Å². The first-order valence-corrected chi connectivity index (χ1v) is 24.4. The highest BCUT2D eigenvalue weighted by Crippen LogP contribution is 2.26. The summed E-state index contributed by atoms with van der Waals surface area (Å²) in [7, 11) is 0. The second-order valence-electron chi connectivity index (χ2n) is 16.9. The van der Waals surface area contributed by atoms with Crippen LogP contribution in [0, 0.1) is 0 Å². The summed E-state index contributed by atoms with van der Waals surface area (Å²) in [6.07, 6.45) is 24.0. The van der Waals surface area contributed by atoms with Crippen LogP contribution < -0.4 is 0 Å². The van der Waals surface area contributed by atoms with Crippen molar-refractivity contribution < 1.29 is 73.8 Å². The molecular formula is C50H84O15. The zero-order valence-corrected chi connectivity index (χ0v) is 39.2. The Balaban J connectivity index is 1.85. The quantitative estimate of drug-likeness (QED) is 0.0214. The molecule has 0 amide bonds. The summed E-state index contributed by atoms with van der Waals surface area (Å²) in [4.78, 5) is 25.7. The zero-order chi connectivity index (χ0) is 47.5. The van der Waals surface area contributed by atoms with Crippen molar-refractivity contribution in [2.45, 2.75) is 216 Å². The third-order valence-electron chi connectivity index (χ3n) is 11.2. The number of hydrogen-bond acceptors (Lipinski definition) is 15. The second kappa shape index (κ2) is 37.2. The summed E-state index contributed by atoms with van der Waals surface area (Å²) in [5, 5.41) is 72.0. The normalized spacial score (nSPS) is 26.9. The number of aliphatic hydroxyl groups excluding tert-OH is 7. The van der Waals surface area contributed by atoms with Gasteiger partial charge in [0.15, 0.2) is 18.7 Å². The standard InChI is InChI=1S/C50H84O15/c1-3-5-7-9-11-13-15-17-18-19-21-22-24-26-28-30-32-41(52)60-35-38(63-42(53)33-31-29-27-25-23-20-16-14-12-10-8-6-4-2)36-61-49-48(59)46(57)44(55)40(65-49)37-62-50-47(58)45(56)43(54)39(34-51)64-50/h6,8,12-15,18-20,23,38-40,43-51,54-59H,3-5,7,9-11,16-17,21-22,24-37H2,1-2H3/b8-6-,14-12-,15-13-,19-18-,23-20-. The lowest BCUT2D eigenvalue weighted by atomic mass is 9.98. The van der Waals surface area contributed by atoms with Gasteiger partial charge in [-0.25, -0.2) is 0 Å². The Bertz CT molecular complexity index is 1370. The molecule has 0 radical (unpaired) electrons. The Labute approximate surface area is 388 Å². The summed E-state index contributed by atoms with van der Waals surface area (Å²) < 4.78 is 33.5. The summed E-state index contributed by atoms with van der Waals surface area (Å²) >= 11 is 0. The van der Waals surface area contributed by atoms with Gasteiger partial charge in [-0.3, -0.25) is 9.59 Å². The van der Waals surface area contributed by atoms with E-state index in [0.717, 1.165) is 83.5 Å². The number of unbranched alkanes of at least 4 members (excludes halogenated alkanes) is 12. The molecule has 0 aromatic carbocycles. The van der Waals surface area contributed by atoms with E-state index in [4.69, 9.17) is 28.4 Å². The van der Waals surface area contributed by atoms with E-state index in [0.29, 0.717) is 12.8 Å². The van der Waals surface area contributed by atoms with Crippen molar-refractivity contribution in [3.05, 3.63) is 60.8 Å². The molecule has 0 aromatic rings. The number of hydrogen-bond donors (Lipinski definition) is 7. The molecule has 11 unspecified atom stereocenters. The molecule has 2 fully saturated rings. The maximum Gasteiger partial charge on any atom is 0.306 e. The number of rotatable bonds is 36. The molecule has 7 N–H and O–H groups in total. The third-order valence-corrected chi connectivity index (χ3v) is 11.2. The Morgan fingerprint density at radius 2 is 0.969 bits per heavy atom. The van der Waals surface area contributed by atoms with Crippen molar-refractivity contribution in [3.8, 4) is 0 Å². The van der Waals surface area contributed by atoms with Gasteiger partial charge >= 0.3 is 11.9 Å². The summed E-state index contributed by atoms with van der Waals surface area (Å²) in [6.45, 7) is 2.38. The molecule has 0 saturated carbocycles. The number of carbonyl (C=O) groups is 2. The molecular weight excluding hydrogens is 841 g/mol. The Hall–Kier alpha value is -2.80. The minimum absolute atomic E-state index is 0.124. The van der Waals surface area contributed by atoms with Gasteiger partial charge in [0.05, 0.1) is 19.8 Å². The Morgan fingerprint density at radius 1 is 0.508 bits per heavy atom. The van der Waals surface area contributed by atoms with Crippen molar-refractivity contribution in [1.29, 1.82) is 0 Å². The van der Waals surface area contributed by atoms with E-state index in [-0.39, 0.29) is 19.4 Å². The van der Waals surface area contributed by atoms with Crippen molar-refractivity contribution >= 4 is 11.9 Å². The van der Waals surface area contributed by atoms with Gasteiger partial charge in [0.1, 0.15) is 55.4 Å². The van der Waals surface area contributed by atoms with Crippen LogP contribution >= 0.6 is 0 Å². The van der Waals surface area contributed by atoms with Crippen molar-refractivity contribution in [2.24, 2.45) is 0 Å². The van der Waals surface area contributed by atoms with Crippen LogP contribution in [0.25, 0.3) is 0 Å². The molecule has 15 nitrogen and oxygen atoms in total. The highest BCUT2D eigenvalue weighted by Gasteiger charge is 2.47. The molecule has 65 heavy (non-hydrogen) atoms. The van der Waals surface area contributed by atoms with E-state index in [1.165, 1.54) is 25.7 Å². The molecule has 374 valence electrons. The maximum atomic E-state index is 12.9. The van der Waals surface area contributed by atoms with Gasteiger partial charge in [-0.2, -0.15) is 0 Å². The SMILES string of the molecule is CC/C=C\C/C=C\C/C=C\CCCCCC(=O)OC(COC(=O)CCCCCCC/C=C\C/C=C\CCCCCC)COC1OC(COC2OC(CO)C(O)C(O)C2O)C(O)C(O)C1O. The van der Waals surface area contributed by atoms with Crippen LogP contribution in [0.3, 0.4) is 0 Å². The van der Waals surface area contributed by atoms with Gasteiger partial charge < -0.3 is 64.2 Å². The Morgan fingerprint density at radius 3 is 1.54 bits per heavy atom. The topological polar surface area (TPSA) is 231 Å². The van der Waals surface area contributed by atoms with Crippen LogP contribution in [0.2, 0.25) is 0 Å². The molecule has 0 spiro atoms. The van der Waals surface area contributed by atoms with Crippen LogP contribution in [0.4, 0.5) is 0 Å². The van der Waals surface area contributed by atoms with Crippen LogP contribution in [-0.2, 0) is 38.0 Å². The van der Waals surface area contributed by atoms with E-state index in [1.807, 2.05) is 0 Å². The van der Waals surface area contributed by atoms with E-state index in [2.05, 4.69) is 74.6 Å². The lowest BCUT2D eigenvalue weighted by Crippen LogP contribution is -2.61. The van der Waals surface area contributed by atoms with Gasteiger partial charge in [-0.05, 0) is 77.0 Å². The highest BCUT2D eigenvalue weighted by molar-refractivity contribution is 5.70. The van der Waals surface area contributed by atoms with E-state index in [1.54, 1.807) is 0 Å². The van der Waals surface area contributed by atoms with Gasteiger partial charge in [0.2, 0.25) is 0 Å². The minimum Gasteiger partial charge on any atom is -0.462 e. The fourth-order valence-electron chi connectivity index (χ4n) is 7.20. The lowest BCUT2D eigenvalue weighted by Gasteiger charge is -2.42. The zero-order valence-electron chi connectivity index (χ0n) is 39.2. The van der Waals surface area contributed by atoms with Crippen molar-refractivity contribution in [3.63, 3.8) is 0 Å². The predicted octanol–water partition coefficient (Wildman–Crippen LogP) is 6.10. The number of allylic oxidation sites excluding steroid dienone is 10. The van der Waals surface area contributed by atoms with Crippen LogP contribution in [0.1, 0.15) is 149 Å². The molecule has 15 heteroatoms. The maximum absolute atomic E-state index is 12.9. The number of aliphatic hydroxyl groups is 7. The minimum atomic E-state index is -1.77. The van der Waals surface area contributed by atoms with Gasteiger partial charge in [-0.15, -0.1) is 0 Å². The van der Waals surface area contributed by atoms with Gasteiger partial charge in [0, 0.05) is 12.8 Å². The molecule has 2 saturated heterocycles. The predicted molar refractivity (Wildman–Crippen MR) is 247 cm³/mol. The average molecular weight is 925 g/mol. The van der Waals surface area contributed by atoms with Crippen molar-refractivity contribution in [2.75, 3.05) is 26.4 Å². The second-order valence-corrected chi connectivity index (χ2v) is 16.9. The summed E-state index contributed by atoms with van der Waals surface area (Å²) in [6, 6.07) is 0. The smallest absolute Gasteiger partial charge is 0.306 e. The summed E-state index contributed by atoms with van der Waals surface area (Å²) in [5.74, 6) is -0.981. The lowest BCUT2D eigenvalue weighted by molar-refractivity contribution is -0.332. The molecule has 2 aliphatic heterocycles. The largest absolute Gasteiger partial charge is 0.462 e. The molecule has 0 bridgehead atoms. The molecule has 2 rings (SSSR count). The number of ether oxygens (including phenoxy) is 6. The van der Waals surface area contributed by atoms with E-state index < -0.39 is 99.3 Å². The molecule has 0 aromatic heterocycles. The first-order valence-electron chi connectivity index (χ1n) is 24.4. The monoisotopic (exact) mass is 925 g/mol. The van der Waals surface area contributed by atoms with Crippen LogP contribution in [0.5, 0.6) is 0 Å². The molecule has 0 aliphatic carbocycles. The molecule has 11 atom stereocenters. The number of carbonyl (C=O) groups excluding carboxylic acids is 2. The third kappa shape index (κ3) is 25.8. The average Bonchev–Trinajstić information content (AvgIpc) is 3.30. The molecule has 2 heterocycles. The Kier molecular flexibility index (Phi) is 33.4. The first-order chi connectivity index (χ1) is 31.5. The summed E-state index contributed by atoms with van der Waals surface area (Å²) in [5.41, 5.74) is 0. The van der Waals surface area contributed by atoms with Crippen LogP contribution in [0.15, 0.2) is 60.8 Å².